The number of hydrogen-bond acceptors (Lipinski definition) is 3. The third-order valence-electron chi connectivity index (χ3n) is 3.35. The molecule has 0 radical (unpaired) electrons. The lowest BCUT2D eigenvalue weighted by molar-refractivity contribution is 0.537. The summed E-state index contributed by atoms with van der Waals surface area (Å²) in [5, 5.41) is 6.64. The summed E-state index contributed by atoms with van der Waals surface area (Å²) in [5.41, 5.74) is 1.13. The second-order valence-corrected chi connectivity index (χ2v) is 6.65. The minimum absolute atomic E-state index is 0.0729. The Labute approximate surface area is 102 Å². The fraction of sp³-hybridized carbons (Fsp3) is 0.727. The van der Waals surface area contributed by atoms with Gasteiger partial charge in [-0.3, -0.25) is 5.10 Å². The molecule has 0 amide bonds. The largest absolute Gasteiger partial charge is 0.281 e. The van der Waals surface area contributed by atoms with Crippen LogP contribution < -0.4 is 4.72 Å². The van der Waals surface area contributed by atoms with Gasteiger partial charge in [-0.1, -0.05) is 6.92 Å². The van der Waals surface area contributed by atoms with Crippen molar-refractivity contribution in [2.45, 2.75) is 51.0 Å². The van der Waals surface area contributed by atoms with Crippen LogP contribution in [-0.2, 0) is 10.0 Å². The van der Waals surface area contributed by atoms with Crippen molar-refractivity contribution in [1.82, 2.24) is 14.9 Å². The van der Waals surface area contributed by atoms with E-state index >= 15 is 0 Å². The summed E-state index contributed by atoms with van der Waals surface area (Å²) in [4.78, 5) is 0.303. The third kappa shape index (κ3) is 2.52. The maximum absolute atomic E-state index is 12.2. The number of aromatic nitrogens is 2. The monoisotopic (exact) mass is 257 g/mol. The average Bonchev–Trinajstić information content (AvgIpc) is 2.73. The Kier molecular flexibility index (Phi) is 3.27. The molecule has 96 valence electrons. The van der Waals surface area contributed by atoms with E-state index in [1.807, 2.05) is 0 Å². The number of rotatable bonds is 3. The van der Waals surface area contributed by atoms with E-state index in [4.69, 9.17) is 0 Å². The zero-order chi connectivity index (χ0) is 12.6. The maximum atomic E-state index is 12.2. The van der Waals surface area contributed by atoms with Crippen molar-refractivity contribution in [2.75, 3.05) is 0 Å². The number of hydrogen-bond donors (Lipinski definition) is 2. The van der Waals surface area contributed by atoms with Crippen LogP contribution in [0.15, 0.2) is 4.90 Å². The quantitative estimate of drug-likeness (QED) is 0.861. The zero-order valence-corrected chi connectivity index (χ0v) is 11.3. The number of aromatic amines is 1. The normalized spacial score (nSPS) is 25.4. The Morgan fingerprint density at radius 3 is 2.53 bits per heavy atom. The van der Waals surface area contributed by atoms with Gasteiger partial charge in [-0.25, -0.2) is 13.1 Å². The van der Waals surface area contributed by atoms with Crippen LogP contribution in [0.4, 0.5) is 0 Å². The van der Waals surface area contributed by atoms with E-state index in [1.54, 1.807) is 13.8 Å². The van der Waals surface area contributed by atoms with Gasteiger partial charge in [-0.05, 0) is 39.0 Å². The van der Waals surface area contributed by atoms with Crippen molar-refractivity contribution in [3.8, 4) is 0 Å². The Morgan fingerprint density at radius 1 is 1.35 bits per heavy atom. The summed E-state index contributed by atoms with van der Waals surface area (Å²) in [6.07, 6.45) is 2.95. The molecule has 0 aromatic carbocycles. The Hall–Kier alpha value is -0.880. The van der Waals surface area contributed by atoms with Crippen molar-refractivity contribution in [1.29, 1.82) is 0 Å². The first-order chi connectivity index (χ1) is 7.90. The highest BCUT2D eigenvalue weighted by Crippen LogP contribution is 2.26. The molecule has 2 N–H and O–H groups in total. The van der Waals surface area contributed by atoms with Gasteiger partial charge in [-0.2, -0.15) is 5.10 Å². The van der Waals surface area contributed by atoms with Gasteiger partial charge in [0, 0.05) is 6.04 Å². The summed E-state index contributed by atoms with van der Waals surface area (Å²) < 4.78 is 27.2. The van der Waals surface area contributed by atoms with Crippen molar-refractivity contribution in [2.24, 2.45) is 5.92 Å². The van der Waals surface area contributed by atoms with Crippen LogP contribution in [0.1, 0.15) is 37.6 Å². The fourth-order valence-corrected chi connectivity index (χ4v) is 4.18. The first-order valence-electron chi connectivity index (χ1n) is 5.94. The van der Waals surface area contributed by atoms with Gasteiger partial charge in [0.25, 0.3) is 0 Å². The minimum Gasteiger partial charge on any atom is -0.281 e. The van der Waals surface area contributed by atoms with Gasteiger partial charge in [-0.15, -0.1) is 0 Å². The lowest BCUT2D eigenvalue weighted by Crippen LogP contribution is -2.33. The second kappa shape index (κ2) is 4.42. The van der Waals surface area contributed by atoms with E-state index in [0.29, 0.717) is 22.2 Å². The lowest BCUT2D eigenvalue weighted by Gasteiger charge is -2.13. The molecular weight excluding hydrogens is 238 g/mol. The third-order valence-corrected chi connectivity index (χ3v) is 5.13. The molecule has 1 saturated carbocycles. The predicted octanol–water partition coefficient (Wildman–Crippen LogP) is 1.49. The molecule has 5 nitrogen and oxygen atoms in total. The Morgan fingerprint density at radius 2 is 2.06 bits per heavy atom. The van der Waals surface area contributed by atoms with Gasteiger partial charge in [0.05, 0.1) is 11.4 Å². The second-order valence-electron chi connectivity index (χ2n) is 5.00. The number of H-pyrrole nitrogens is 1. The fourth-order valence-electron chi connectivity index (χ4n) is 2.53. The first kappa shape index (κ1) is 12.6. The molecule has 0 saturated heterocycles. The van der Waals surface area contributed by atoms with Crippen LogP contribution in [0.3, 0.4) is 0 Å². The summed E-state index contributed by atoms with van der Waals surface area (Å²) in [7, 11) is -3.43. The topological polar surface area (TPSA) is 74.8 Å². The lowest BCUT2D eigenvalue weighted by atomic mass is 10.1. The Balaban J connectivity index is 2.20. The van der Waals surface area contributed by atoms with E-state index in [-0.39, 0.29) is 6.04 Å². The van der Waals surface area contributed by atoms with Crippen LogP contribution in [0.25, 0.3) is 0 Å². The number of aryl methyl sites for hydroxylation is 2. The standard InChI is InChI=1S/C11H19N3O2S/c1-7-4-5-10(6-7)14-17(15,16)11-8(2)12-13-9(11)3/h7,10,14H,4-6H2,1-3H3,(H,12,13). The van der Waals surface area contributed by atoms with E-state index in [2.05, 4.69) is 21.8 Å². The summed E-state index contributed by atoms with van der Waals surface area (Å²) in [6.45, 7) is 5.59. The van der Waals surface area contributed by atoms with Crippen LogP contribution >= 0.6 is 0 Å². The zero-order valence-electron chi connectivity index (χ0n) is 10.4. The van der Waals surface area contributed by atoms with Crippen molar-refractivity contribution < 1.29 is 8.42 Å². The minimum atomic E-state index is -3.43. The van der Waals surface area contributed by atoms with Crippen molar-refractivity contribution in [3.63, 3.8) is 0 Å². The van der Waals surface area contributed by atoms with Gasteiger partial charge < -0.3 is 0 Å². The van der Waals surface area contributed by atoms with E-state index < -0.39 is 10.0 Å². The maximum Gasteiger partial charge on any atom is 0.244 e. The molecule has 1 aromatic heterocycles. The van der Waals surface area contributed by atoms with E-state index in [9.17, 15) is 8.42 Å². The highest BCUT2D eigenvalue weighted by molar-refractivity contribution is 7.89. The summed E-state index contributed by atoms with van der Waals surface area (Å²) in [6, 6.07) is 0.0729. The molecule has 6 heteroatoms. The highest BCUT2D eigenvalue weighted by Gasteiger charge is 2.29. The van der Waals surface area contributed by atoms with Crippen LogP contribution in [0.5, 0.6) is 0 Å². The summed E-state index contributed by atoms with van der Waals surface area (Å²) in [5.74, 6) is 0.606. The summed E-state index contributed by atoms with van der Waals surface area (Å²) >= 11 is 0. The highest BCUT2D eigenvalue weighted by atomic mass is 32.2. The molecule has 2 atom stereocenters. The van der Waals surface area contributed by atoms with Crippen molar-refractivity contribution >= 4 is 10.0 Å². The van der Waals surface area contributed by atoms with Gasteiger partial charge in [0.15, 0.2) is 0 Å². The number of nitrogens with one attached hydrogen (secondary N) is 2. The van der Waals surface area contributed by atoms with Crippen molar-refractivity contribution in [3.05, 3.63) is 11.4 Å². The molecule has 0 spiro atoms. The van der Waals surface area contributed by atoms with Crippen LogP contribution in [0.2, 0.25) is 0 Å². The van der Waals surface area contributed by atoms with Gasteiger partial charge in [0.1, 0.15) is 4.90 Å². The molecule has 1 aliphatic rings. The molecule has 0 aliphatic heterocycles. The Bertz CT molecular complexity index is 487. The average molecular weight is 257 g/mol. The molecule has 1 heterocycles. The van der Waals surface area contributed by atoms with Crippen LogP contribution in [-0.4, -0.2) is 24.7 Å². The van der Waals surface area contributed by atoms with Gasteiger partial charge >= 0.3 is 0 Å². The smallest absolute Gasteiger partial charge is 0.244 e. The van der Waals surface area contributed by atoms with E-state index in [1.165, 1.54) is 0 Å². The molecule has 2 rings (SSSR count). The number of nitrogens with zero attached hydrogens (tertiary/aromatic N) is 1. The van der Waals surface area contributed by atoms with Crippen LogP contribution in [0, 0.1) is 19.8 Å². The molecule has 17 heavy (non-hydrogen) atoms. The van der Waals surface area contributed by atoms with Gasteiger partial charge in [0.2, 0.25) is 10.0 Å². The number of sulfonamides is 1. The SMILES string of the molecule is Cc1n[nH]c(C)c1S(=O)(=O)NC1CCC(C)C1. The molecule has 1 aromatic rings. The molecule has 2 unspecified atom stereocenters. The van der Waals surface area contributed by atoms with E-state index in [0.717, 1.165) is 19.3 Å². The molecule has 0 bridgehead atoms. The molecule has 1 aliphatic carbocycles. The predicted molar refractivity (Wildman–Crippen MR) is 65.2 cm³/mol. The molecule has 1 fully saturated rings. The molecular formula is C11H19N3O2S. The first-order valence-corrected chi connectivity index (χ1v) is 7.42.